The Morgan fingerprint density at radius 2 is 2.04 bits per heavy atom. The van der Waals surface area contributed by atoms with Crippen molar-refractivity contribution in [2.75, 3.05) is 18.5 Å². The van der Waals surface area contributed by atoms with Gasteiger partial charge in [0.25, 0.3) is 0 Å². The van der Waals surface area contributed by atoms with Crippen LogP contribution in [0.2, 0.25) is 0 Å². The van der Waals surface area contributed by atoms with E-state index in [0.29, 0.717) is 18.1 Å². The van der Waals surface area contributed by atoms with Crippen LogP contribution in [0.1, 0.15) is 33.4 Å². The molecule has 2 N–H and O–H groups in total. The maximum atomic E-state index is 12.1. The van der Waals surface area contributed by atoms with Crippen LogP contribution in [0.25, 0.3) is 5.69 Å². The minimum Gasteiger partial charge on any atom is -0.446 e. The summed E-state index contributed by atoms with van der Waals surface area (Å²) >= 11 is 11.6. The van der Waals surface area contributed by atoms with Crippen LogP contribution in [-0.2, 0) is 16.7 Å². The molecule has 0 spiro atoms. The molecule has 8 nitrogen and oxygen atoms in total. The van der Waals surface area contributed by atoms with Gasteiger partial charge in [0, 0.05) is 11.5 Å². The van der Waals surface area contributed by atoms with E-state index in [1.54, 1.807) is 27.8 Å². The molecule has 0 aliphatic heterocycles. The first-order valence-electron chi connectivity index (χ1n) is 8.05. The summed E-state index contributed by atoms with van der Waals surface area (Å²) in [5.74, 6) is 0.425. The molecule has 2 rings (SSSR count). The third kappa shape index (κ3) is 5.62. The summed E-state index contributed by atoms with van der Waals surface area (Å²) in [5.41, 5.74) is 1.20. The molecule has 0 aromatic carbocycles. The van der Waals surface area contributed by atoms with Crippen molar-refractivity contribution in [1.82, 2.24) is 19.6 Å². The van der Waals surface area contributed by atoms with E-state index in [1.165, 1.54) is 6.92 Å². The van der Waals surface area contributed by atoms with E-state index in [1.807, 2.05) is 20.8 Å². The summed E-state index contributed by atoms with van der Waals surface area (Å²) in [5, 5.41) is 20.4. The molecular weight excluding hydrogens is 381 g/mol. The average molecular weight is 404 g/mol. The molecule has 0 bridgehead atoms. The van der Waals surface area contributed by atoms with Crippen molar-refractivity contribution in [3.05, 3.63) is 24.2 Å². The van der Waals surface area contributed by atoms with Crippen LogP contribution in [0.3, 0.4) is 0 Å². The molecule has 0 atom stereocenters. The van der Waals surface area contributed by atoms with Gasteiger partial charge in [0.15, 0.2) is 0 Å². The first kappa shape index (κ1) is 20.5. The zero-order chi connectivity index (χ0) is 19.5. The number of ether oxygens (including phenoxy) is 1. The highest BCUT2D eigenvalue weighted by molar-refractivity contribution is 6.48. The van der Waals surface area contributed by atoms with Crippen LogP contribution in [0.15, 0.2) is 18.5 Å². The summed E-state index contributed by atoms with van der Waals surface area (Å²) < 4.78 is 7.01. The summed E-state index contributed by atoms with van der Waals surface area (Å²) in [6, 6.07) is 1.77. The van der Waals surface area contributed by atoms with Gasteiger partial charge in [-0.2, -0.15) is 10.2 Å². The molecule has 0 aliphatic rings. The molecule has 10 heteroatoms. The standard InChI is InChI=1S/C16H23Cl2N5O3/c1-15(2,3)12-7-13(20-14(25)26-10-16(4,17)18)23(21-12)11-8-19-22(9-11)5-6-24/h7-9,24H,5-6,10H2,1-4H3,(H,20,25). The molecule has 0 fully saturated rings. The van der Waals surface area contributed by atoms with E-state index < -0.39 is 10.4 Å². The number of rotatable bonds is 6. The molecule has 144 valence electrons. The molecule has 0 aliphatic carbocycles. The number of amides is 1. The maximum absolute atomic E-state index is 12.1. The van der Waals surface area contributed by atoms with Gasteiger partial charge in [-0.1, -0.05) is 44.0 Å². The minimum atomic E-state index is -1.17. The second-order valence-corrected chi connectivity index (χ2v) is 8.90. The number of alkyl halides is 2. The maximum Gasteiger partial charge on any atom is 0.412 e. The van der Waals surface area contributed by atoms with Crippen molar-refractivity contribution >= 4 is 35.1 Å². The number of carbonyl (C=O) groups excluding carboxylic acids is 1. The number of aliphatic hydroxyl groups excluding tert-OH is 1. The van der Waals surface area contributed by atoms with E-state index in [4.69, 9.17) is 33.0 Å². The highest BCUT2D eigenvalue weighted by Gasteiger charge is 2.23. The molecule has 2 heterocycles. The quantitative estimate of drug-likeness (QED) is 0.722. The van der Waals surface area contributed by atoms with Crippen molar-refractivity contribution in [3.63, 3.8) is 0 Å². The summed E-state index contributed by atoms with van der Waals surface area (Å²) in [4.78, 5) is 12.1. The molecule has 26 heavy (non-hydrogen) atoms. The summed E-state index contributed by atoms with van der Waals surface area (Å²) in [7, 11) is 0. The Morgan fingerprint density at radius 3 is 2.62 bits per heavy atom. The number of hydrogen-bond acceptors (Lipinski definition) is 5. The summed E-state index contributed by atoms with van der Waals surface area (Å²) in [6.45, 7) is 7.76. The topological polar surface area (TPSA) is 94.2 Å². The van der Waals surface area contributed by atoms with E-state index in [9.17, 15) is 4.79 Å². The van der Waals surface area contributed by atoms with Crippen LogP contribution < -0.4 is 5.32 Å². The lowest BCUT2D eigenvalue weighted by atomic mass is 9.92. The van der Waals surface area contributed by atoms with Crippen molar-refractivity contribution in [3.8, 4) is 5.69 Å². The zero-order valence-electron chi connectivity index (χ0n) is 15.2. The van der Waals surface area contributed by atoms with Gasteiger partial charge in [-0.25, -0.2) is 9.48 Å². The Balaban J connectivity index is 2.28. The first-order chi connectivity index (χ1) is 12.0. The second-order valence-electron chi connectivity index (χ2n) is 7.03. The predicted octanol–water partition coefficient (Wildman–Crippen LogP) is 3.10. The third-order valence-electron chi connectivity index (χ3n) is 3.36. The fourth-order valence-electron chi connectivity index (χ4n) is 2.05. The van der Waals surface area contributed by atoms with Crippen LogP contribution in [0.4, 0.5) is 10.6 Å². The largest absolute Gasteiger partial charge is 0.446 e. The van der Waals surface area contributed by atoms with Gasteiger partial charge in [0.1, 0.15) is 22.4 Å². The lowest BCUT2D eigenvalue weighted by Gasteiger charge is -2.14. The lowest BCUT2D eigenvalue weighted by molar-refractivity contribution is 0.159. The lowest BCUT2D eigenvalue weighted by Crippen LogP contribution is -2.23. The number of anilines is 1. The number of aliphatic hydroxyl groups is 1. The Bertz CT molecular complexity index is 759. The monoisotopic (exact) mass is 403 g/mol. The van der Waals surface area contributed by atoms with Crippen molar-refractivity contribution in [1.29, 1.82) is 0 Å². The van der Waals surface area contributed by atoms with Crippen LogP contribution in [-0.4, -0.2) is 48.3 Å². The van der Waals surface area contributed by atoms with Gasteiger partial charge in [0.2, 0.25) is 0 Å². The van der Waals surface area contributed by atoms with Gasteiger partial charge >= 0.3 is 6.09 Å². The van der Waals surface area contributed by atoms with Crippen molar-refractivity contribution in [2.45, 2.75) is 44.0 Å². The van der Waals surface area contributed by atoms with E-state index in [-0.39, 0.29) is 18.6 Å². The molecule has 1 amide bonds. The smallest absolute Gasteiger partial charge is 0.412 e. The number of halogens is 2. The highest BCUT2D eigenvalue weighted by atomic mass is 35.5. The van der Waals surface area contributed by atoms with Crippen LogP contribution in [0.5, 0.6) is 0 Å². The predicted molar refractivity (Wildman–Crippen MR) is 100 cm³/mol. The van der Waals surface area contributed by atoms with E-state index in [2.05, 4.69) is 15.5 Å². The Morgan fingerprint density at radius 1 is 1.35 bits per heavy atom. The van der Waals surface area contributed by atoms with Gasteiger partial charge in [-0.15, -0.1) is 0 Å². The molecule has 0 radical (unpaired) electrons. The van der Waals surface area contributed by atoms with Gasteiger partial charge < -0.3 is 9.84 Å². The van der Waals surface area contributed by atoms with Gasteiger partial charge in [-0.05, 0) is 6.92 Å². The Kier molecular flexibility index (Phi) is 6.21. The summed E-state index contributed by atoms with van der Waals surface area (Å²) in [6.07, 6.45) is 2.63. The van der Waals surface area contributed by atoms with Crippen molar-refractivity contribution < 1.29 is 14.6 Å². The number of carbonyl (C=O) groups is 1. The van der Waals surface area contributed by atoms with E-state index in [0.717, 1.165) is 5.69 Å². The SMILES string of the molecule is CC(Cl)(Cl)COC(=O)Nc1cc(C(C)(C)C)nn1-c1cnn(CCO)c1. The van der Waals surface area contributed by atoms with Crippen molar-refractivity contribution in [2.24, 2.45) is 0 Å². The molecule has 0 saturated carbocycles. The highest BCUT2D eigenvalue weighted by Crippen LogP contribution is 2.26. The Hall–Kier alpha value is -1.77. The molecule has 0 saturated heterocycles. The third-order valence-corrected chi connectivity index (χ3v) is 3.58. The normalized spacial score (nSPS) is 12.3. The fraction of sp³-hybridized carbons (Fsp3) is 0.562. The van der Waals surface area contributed by atoms with E-state index >= 15 is 0 Å². The minimum absolute atomic E-state index is 0.0273. The number of aromatic nitrogens is 4. The van der Waals surface area contributed by atoms with Gasteiger partial charge in [0.05, 0.1) is 31.2 Å². The van der Waals surface area contributed by atoms with Crippen LogP contribution in [0, 0.1) is 0 Å². The molecule has 2 aromatic heterocycles. The second kappa shape index (κ2) is 7.85. The number of hydrogen-bond donors (Lipinski definition) is 2. The number of nitrogens with one attached hydrogen (secondary N) is 1. The zero-order valence-corrected chi connectivity index (χ0v) is 16.7. The molecular formula is C16H23Cl2N5O3. The Labute approximate surface area is 162 Å². The fourth-order valence-corrected chi connectivity index (χ4v) is 2.16. The first-order valence-corrected chi connectivity index (χ1v) is 8.81. The average Bonchev–Trinajstić information content (AvgIpc) is 3.11. The number of nitrogens with zero attached hydrogens (tertiary/aromatic N) is 4. The van der Waals surface area contributed by atoms with Crippen LogP contribution >= 0.6 is 23.2 Å². The molecule has 0 unspecified atom stereocenters. The molecule has 2 aromatic rings. The van der Waals surface area contributed by atoms with Gasteiger partial charge in [-0.3, -0.25) is 10.00 Å².